The van der Waals surface area contributed by atoms with Crippen LogP contribution in [0.2, 0.25) is 0 Å². The molecule has 3 aromatic heterocycles. The number of nitrogens with zero attached hydrogens (tertiary/aromatic N) is 5. The summed E-state index contributed by atoms with van der Waals surface area (Å²) in [4.78, 5) is 11.5. The van der Waals surface area contributed by atoms with Crippen molar-refractivity contribution in [2.24, 2.45) is 0 Å². The number of H-pyrrole nitrogens is 1. The first kappa shape index (κ1) is 18.8. The van der Waals surface area contributed by atoms with Crippen LogP contribution >= 0.6 is 0 Å². The van der Waals surface area contributed by atoms with Crippen LogP contribution in [-0.4, -0.2) is 48.4 Å². The van der Waals surface area contributed by atoms with E-state index >= 15 is 0 Å². The molecule has 0 saturated carbocycles. The van der Waals surface area contributed by atoms with Crippen LogP contribution in [0.3, 0.4) is 0 Å². The molecule has 0 radical (unpaired) electrons. The van der Waals surface area contributed by atoms with Gasteiger partial charge in [-0.15, -0.1) is 0 Å². The largest absolute Gasteiger partial charge is 0.386 e. The van der Waals surface area contributed by atoms with E-state index in [1.807, 2.05) is 54.2 Å². The molecule has 32 heavy (non-hydrogen) atoms. The molecule has 0 bridgehead atoms. The zero-order valence-electron chi connectivity index (χ0n) is 17.7. The van der Waals surface area contributed by atoms with E-state index in [0.717, 1.165) is 45.6 Å². The molecule has 160 valence electrons. The van der Waals surface area contributed by atoms with Crippen LogP contribution in [0.5, 0.6) is 0 Å². The molecule has 0 unspecified atom stereocenters. The second kappa shape index (κ2) is 7.06. The second-order valence-corrected chi connectivity index (χ2v) is 8.41. The van der Waals surface area contributed by atoms with E-state index < -0.39 is 5.60 Å². The van der Waals surface area contributed by atoms with Crippen molar-refractivity contribution in [3.05, 3.63) is 67.3 Å². The van der Waals surface area contributed by atoms with Gasteiger partial charge in [0.25, 0.3) is 0 Å². The summed E-state index contributed by atoms with van der Waals surface area (Å²) in [6, 6.07) is 14.3. The lowest BCUT2D eigenvalue weighted by molar-refractivity contribution is 0.00853. The van der Waals surface area contributed by atoms with Gasteiger partial charge in [-0.2, -0.15) is 5.10 Å². The number of rotatable bonds is 5. The van der Waals surface area contributed by atoms with Gasteiger partial charge in [-0.25, -0.2) is 9.97 Å². The van der Waals surface area contributed by atoms with E-state index in [4.69, 9.17) is 4.98 Å². The Morgan fingerprint density at radius 2 is 2.00 bits per heavy atom. The molecule has 0 atom stereocenters. The van der Waals surface area contributed by atoms with Crippen LogP contribution in [-0.2, 0) is 0 Å². The number of β-amino-alcohol motifs (C(OH)–C–C–N with tert-alkyl or cyclic N) is 1. The van der Waals surface area contributed by atoms with E-state index in [2.05, 4.69) is 43.6 Å². The molecule has 3 N–H and O–H groups in total. The van der Waals surface area contributed by atoms with Gasteiger partial charge in [0, 0.05) is 54.0 Å². The summed E-state index contributed by atoms with van der Waals surface area (Å²) >= 11 is 0. The molecule has 4 heterocycles. The van der Waals surface area contributed by atoms with Gasteiger partial charge in [0.1, 0.15) is 0 Å². The van der Waals surface area contributed by atoms with Crippen molar-refractivity contribution in [2.45, 2.75) is 18.9 Å². The molecule has 6 rings (SSSR count). The maximum absolute atomic E-state index is 10.3. The van der Waals surface area contributed by atoms with Crippen molar-refractivity contribution in [3.8, 4) is 11.3 Å². The van der Waals surface area contributed by atoms with Gasteiger partial charge in [-0.3, -0.25) is 5.10 Å². The minimum atomic E-state index is -0.549. The SMILES string of the molecule is CCC1(O)CN(c2ccc(Nc3nc(-c4ccc5cn[nH]c5c4)cn4ccnc34)cc2)C1. The van der Waals surface area contributed by atoms with Crippen molar-refractivity contribution in [3.63, 3.8) is 0 Å². The van der Waals surface area contributed by atoms with Crippen LogP contribution in [0.15, 0.2) is 67.3 Å². The van der Waals surface area contributed by atoms with E-state index in [1.165, 1.54) is 0 Å². The molecule has 1 aliphatic heterocycles. The molecule has 5 aromatic rings. The minimum absolute atomic E-state index is 0.549. The zero-order valence-corrected chi connectivity index (χ0v) is 17.7. The standard InChI is InChI=1S/C24H23N7O/c1-2-24(32)14-31(15-24)19-7-5-18(6-8-19)27-22-23-25-9-10-30(23)13-21(28-22)16-3-4-17-12-26-29-20(17)11-16/h3-13,32H,2,14-15H2,1H3,(H,26,29)(H,27,28). The smallest absolute Gasteiger partial charge is 0.180 e. The molecule has 1 saturated heterocycles. The van der Waals surface area contributed by atoms with Crippen molar-refractivity contribution < 1.29 is 5.11 Å². The number of aromatic amines is 1. The predicted octanol–water partition coefficient (Wildman–Crippen LogP) is 3.98. The Morgan fingerprint density at radius 3 is 2.81 bits per heavy atom. The lowest BCUT2D eigenvalue weighted by atomic mass is 9.91. The summed E-state index contributed by atoms with van der Waals surface area (Å²) in [7, 11) is 0. The molecule has 8 nitrogen and oxygen atoms in total. The number of fused-ring (bicyclic) bond motifs is 2. The Kier molecular flexibility index (Phi) is 4.16. The number of aliphatic hydroxyl groups is 1. The number of hydrogen-bond donors (Lipinski definition) is 3. The quantitative estimate of drug-likeness (QED) is 0.394. The Bertz CT molecular complexity index is 1410. The number of benzene rings is 2. The summed E-state index contributed by atoms with van der Waals surface area (Å²) in [6.07, 6.45) is 8.26. The Labute approximate surface area is 184 Å². The molecular formula is C24H23N7O. The molecule has 0 spiro atoms. The monoisotopic (exact) mass is 425 g/mol. The number of aromatic nitrogens is 5. The number of anilines is 3. The van der Waals surface area contributed by atoms with Gasteiger partial charge in [-0.1, -0.05) is 19.1 Å². The van der Waals surface area contributed by atoms with E-state index in [1.54, 1.807) is 6.20 Å². The fraction of sp³-hybridized carbons (Fsp3) is 0.208. The van der Waals surface area contributed by atoms with Gasteiger partial charge in [0.2, 0.25) is 0 Å². The maximum Gasteiger partial charge on any atom is 0.180 e. The van der Waals surface area contributed by atoms with Gasteiger partial charge in [0.05, 0.1) is 23.0 Å². The maximum atomic E-state index is 10.3. The highest BCUT2D eigenvalue weighted by Crippen LogP contribution is 2.31. The summed E-state index contributed by atoms with van der Waals surface area (Å²) in [5, 5.41) is 21.9. The highest BCUT2D eigenvalue weighted by atomic mass is 16.3. The van der Waals surface area contributed by atoms with E-state index in [-0.39, 0.29) is 0 Å². The van der Waals surface area contributed by atoms with Gasteiger partial charge >= 0.3 is 0 Å². The van der Waals surface area contributed by atoms with Crippen LogP contribution < -0.4 is 10.2 Å². The van der Waals surface area contributed by atoms with Crippen molar-refractivity contribution in [2.75, 3.05) is 23.3 Å². The number of imidazole rings is 1. The highest BCUT2D eigenvalue weighted by molar-refractivity contribution is 5.84. The summed E-state index contributed by atoms with van der Waals surface area (Å²) in [6.45, 7) is 3.37. The molecular weight excluding hydrogens is 402 g/mol. The lowest BCUT2D eigenvalue weighted by Gasteiger charge is -2.47. The van der Waals surface area contributed by atoms with Crippen molar-refractivity contribution in [1.82, 2.24) is 24.6 Å². The topological polar surface area (TPSA) is 94.4 Å². The van der Waals surface area contributed by atoms with Crippen LogP contribution in [0.25, 0.3) is 27.8 Å². The van der Waals surface area contributed by atoms with Gasteiger partial charge in [0.15, 0.2) is 11.5 Å². The predicted molar refractivity (Wildman–Crippen MR) is 125 cm³/mol. The second-order valence-electron chi connectivity index (χ2n) is 8.41. The van der Waals surface area contributed by atoms with Gasteiger partial charge < -0.3 is 19.7 Å². The Morgan fingerprint density at radius 1 is 1.16 bits per heavy atom. The molecule has 2 aromatic carbocycles. The fourth-order valence-corrected chi connectivity index (χ4v) is 4.21. The third-order valence-electron chi connectivity index (χ3n) is 6.24. The van der Waals surface area contributed by atoms with Crippen LogP contribution in [0, 0.1) is 0 Å². The number of hydrogen-bond acceptors (Lipinski definition) is 6. The third kappa shape index (κ3) is 3.16. The average molecular weight is 425 g/mol. The minimum Gasteiger partial charge on any atom is -0.386 e. The van der Waals surface area contributed by atoms with E-state index in [0.29, 0.717) is 18.9 Å². The van der Waals surface area contributed by atoms with Crippen LogP contribution in [0.1, 0.15) is 13.3 Å². The lowest BCUT2D eigenvalue weighted by Crippen LogP contribution is -2.61. The fourth-order valence-electron chi connectivity index (χ4n) is 4.21. The summed E-state index contributed by atoms with van der Waals surface area (Å²) in [5.41, 5.74) is 5.06. The first-order valence-corrected chi connectivity index (χ1v) is 10.7. The number of nitrogens with one attached hydrogen (secondary N) is 2. The average Bonchev–Trinajstić information content (AvgIpc) is 3.46. The first-order chi connectivity index (χ1) is 15.6. The van der Waals surface area contributed by atoms with Crippen molar-refractivity contribution >= 4 is 33.7 Å². The third-order valence-corrected chi connectivity index (χ3v) is 6.24. The zero-order chi connectivity index (χ0) is 21.7. The molecule has 1 aliphatic rings. The molecule has 0 amide bonds. The van der Waals surface area contributed by atoms with Gasteiger partial charge in [-0.05, 0) is 36.8 Å². The molecule has 8 heteroatoms. The highest BCUT2D eigenvalue weighted by Gasteiger charge is 2.39. The Balaban J connectivity index is 1.30. The Hall–Kier alpha value is -3.91. The summed E-state index contributed by atoms with van der Waals surface area (Å²) in [5.74, 6) is 0.689. The summed E-state index contributed by atoms with van der Waals surface area (Å²) < 4.78 is 1.97. The normalized spacial score (nSPS) is 15.2. The van der Waals surface area contributed by atoms with Crippen LogP contribution in [0.4, 0.5) is 17.2 Å². The van der Waals surface area contributed by atoms with E-state index in [9.17, 15) is 5.11 Å². The first-order valence-electron chi connectivity index (χ1n) is 10.7. The molecule has 0 aliphatic carbocycles. The molecule has 1 fully saturated rings. The van der Waals surface area contributed by atoms with Crippen molar-refractivity contribution in [1.29, 1.82) is 0 Å².